The molecule has 1 atom stereocenters. The van der Waals surface area contributed by atoms with Gasteiger partial charge in [0.25, 0.3) is 0 Å². The molecule has 1 saturated heterocycles. The molecule has 1 aromatic carbocycles. The fourth-order valence-electron chi connectivity index (χ4n) is 2.65. The molecule has 23 heavy (non-hydrogen) atoms. The Morgan fingerprint density at radius 2 is 1.83 bits per heavy atom. The standard InChI is InChI=1S/C14H19F3N2O3S/c1-10(18)11-6-8-19(9-7-11)23(20,21)13-5-3-2-4-12(13)22-14(15,16)17/h2-5,10-11H,6-9,18H2,1H3. The Morgan fingerprint density at radius 1 is 1.26 bits per heavy atom. The summed E-state index contributed by atoms with van der Waals surface area (Å²) in [5, 5.41) is 0. The third-order valence-electron chi connectivity index (χ3n) is 3.93. The molecular formula is C14H19F3N2O3S. The van der Waals surface area contributed by atoms with E-state index in [1.165, 1.54) is 16.4 Å². The number of sulfonamides is 1. The van der Waals surface area contributed by atoms with E-state index in [1.54, 1.807) is 0 Å². The number of benzene rings is 1. The Bertz CT molecular complexity index is 639. The van der Waals surface area contributed by atoms with Crippen LogP contribution in [0.3, 0.4) is 0 Å². The highest BCUT2D eigenvalue weighted by atomic mass is 32.2. The molecule has 1 aliphatic rings. The van der Waals surface area contributed by atoms with Gasteiger partial charge < -0.3 is 10.5 Å². The van der Waals surface area contributed by atoms with Gasteiger partial charge in [-0.3, -0.25) is 0 Å². The van der Waals surface area contributed by atoms with Crippen molar-refractivity contribution in [2.24, 2.45) is 11.7 Å². The molecule has 0 spiro atoms. The minimum atomic E-state index is -4.95. The normalized spacial score (nSPS) is 19.5. The van der Waals surface area contributed by atoms with Crippen LogP contribution in [0.4, 0.5) is 13.2 Å². The van der Waals surface area contributed by atoms with Crippen LogP contribution in [0.2, 0.25) is 0 Å². The molecule has 2 N–H and O–H groups in total. The molecule has 130 valence electrons. The van der Waals surface area contributed by atoms with E-state index < -0.39 is 27.0 Å². The van der Waals surface area contributed by atoms with E-state index in [2.05, 4.69) is 4.74 Å². The van der Waals surface area contributed by atoms with Crippen LogP contribution in [0, 0.1) is 5.92 Å². The molecular weight excluding hydrogens is 333 g/mol. The number of alkyl halides is 3. The number of nitrogens with two attached hydrogens (primary N) is 1. The SMILES string of the molecule is CC(N)C1CCN(S(=O)(=O)c2ccccc2OC(F)(F)F)CC1. The van der Waals surface area contributed by atoms with Crippen molar-refractivity contribution in [2.75, 3.05) is 13.1 Å². The summed E-state index contributed by atoms with van der Waals surface area (Å²) >= 11 is 0. The molecule has 1 heterocycles. The van der Waals surface area contributed by atoms with Crippen molar-refractivity contribution in [1.82, 2.24) is 4.31 Å². The van der Waals surface area contributed by atoms with Crippen LogP contribution in [-0.2, 0) is 10.0 Å². The van der Waals surface area contributed by atoms with E-state index in [1.807, 2.05) is 6.92 Å². The molecule has 0 radical (unpaired) electrons. The zero-order valence-corrected chi connectivity index (χ0v) is 13.4. The highest BCUT2D eigenvalue weighted by Crippen LogP contribution is 2.33. The van der Waals surface area contributed by atoms with E-state index in [0.29, 0.717) is 12.8 Å². The van der Waals surface area contributed by atoms with Gasteiger partial charge in [-0.05, 0) is 37.8 Å². The van der Waals surface area contributed by atoms with Crippen LogP contribution in [0.25, 0.3) is 0 Å². The largest absolute Gasteiger partial charge is 0.573 e. The zero-order valence-electron chi connectivity index (χ0n) is 12.6. The molecule has 0 amide bonds. The first-order valence-electron chi connectivity index (χ1n) is 7.22. The molecule has 0 aromatic heterocycles. The second-order valence-corrected chi connectivity index (χ2v) is 7.50. The molecule has 1 aromatic rings. The monoisotopic (exact) mass is 352 g/mol. The molecule has 9 heteroatoms. The zero-order chi connectivity index (χ0) is 17.3. The van der Waals surface area contributed by atoms with E-state index >= 15 is 0 Å². The van der Waals surface area contributed by atoms with Gasteiger partial charge in [-0.1, -0.05) is 12.1 Å². The van der Waals surface area contributed by atoms with Crippen LogP contribution < -0.4 is 10.5 Å². The number of hydrogen-bond acceptors (Lipinski definition) is 4. The van der Waals surface area contributed by atoms with Gasteiger partial charge in [0.1, 0.15) is 10.6 Å². The first kappa shape index (κ1) is 18.0. The quantitative estimate of drug-likeness (QED) is 0.903. The number of ether oxygens (including phenoxy) is 1. The average Bonchev–Trinajstić information content (AvgIpc) is 2.46. The summed E-state index contributed by atoms with van der Waals surface area (Å²) in [5.74, 6) is -0.502. The summed E-state index contributed by atoms with van der Waals surface area (Å²) in [5.41, 5.74) is 5.81. The Labute approximate surface area is 133 Å². The van der Waals surface area contributed by atoms with E-state index in [9.17, 15) is 21.6 Å². The van der Waals surface area contributed by atoms with Crippen molar-refractivity contribution in [1.29, 1.82) is 0 Å². The van der Waals surface area contributed by atoms with E-state index in [-0.39, 0.29) is 25.0 Å². The van der Waals surface area contributed by atoms with Crippen LogP contribution >= 0.6 is 0 Å². The Kier molecular flexibility index (Phi) is 5.22. The lowest BCUT2D eigenvalue weighted by Gasteiger charge is -2.33. The van der Waals surface area contributed by atoms with Crippen LogP contribution in [0.15, 0.2) is 29.2 Å². The molecule has 0 bridgehead atoms. The maximum absolute atomic E-state index is 12.6. The minimum absolute atomic E-state index is 0.0410. The van der Waals surface area contributed by atoms with Crippen LogP contribution in [-0.4, -0.2) is 38.2 Å². The summed E-state index contributed by atoms with van der Waals surface area (Å²) < 4.78 is 67.6. The maximum Gasteiger partial charge on any atom is 0.573 e. The Balaban J connectivity index is 2.24. The minimum Gasteiger partial charge on any atom is -0.404 e. The lowest BCUT2D eigenvalue weighted by atomic mass is 9.92. The molecule has 2 rings (SSSR count). The lowest BCUT2D eigenvalue weighted by Crippen LogP contribution is -2.42. The summed E-state index contributed by atoms with van der Waals surface area (Å²) in [6.45, 7) is 2.32. The van der Waals surface area contributed by atoms with E-state index in [4.69, 9.17) is 5.73 Å². The van der Waals surface area contributed by atoms with Crippen molar-refractivity contribution in [3.8, 4) is 5.75 Å². The third-order valence-corrected chi connectivity index (χ3v) is 5.87. The predicted octanol–water partition coefficient (Wildman–Crippen LogP) is 2.33. The van der Waals surface area contributed by atoms with E-state index in [0.717, 1.165) is 12.1 Å². The van der Waals surface area contributed by atoms with Gasteiger partial charge in [0.2, 0.25) is 10.0 Å². The Hall–Kier alpha value is -1.32. The summed E-state index contributed by atoms with van der Waals surface area (Å²) in [6.07, 6.45) is -3.79. The number of hydrogen-bond donors (Lipinski definition) is 1. The molecule has 5 nitrogen and oxygen atoms in total. The number of rotatable bonds is 4. The average molecular weight is 352 g/mol. The maximum atomic E-state index is 12.6. The van der Waals surface area contributed by atoms with Gasteiger partial charge in [0.05, 0.1) is 0 Å². The van der Waals surface area contributed by atoms with Gasteiger partial charge in [-0.15, -0.1) is 13.2 Å². The fraction of sp³-hybridized carbons (Fsp3) is 0.571. The van der Waals surface area contributed by atoms with Crippen molar-refractivity contribution in [3.63, 3.8) is 0 Å². The van der Waals surface area contributed by atoms with Crippen LogP contribution in [0.5, 0.6) is 5.75 Å². The van der Waals surface area contributed by atoms with Crippen molar-refractivity contribution in [2.45, 2.75) is 37.1 Å². The third kappa shape index (κ3) is 4.36. The topological polar surface area (TPSA) is 72.6 Å². The fourth-order valence-corrected chi connectivity index (χ4v) is 4.24. The molecule has 1 fully saturated rings. The first-order chi connectivity index (χ1) is 10.6. The van der Waals surface area contributed by atoms with Gasteiger partial charge >= 0.3 is 6.36 Å². The predicted molar refractivity (Wildman–Crippen MR) is 78.3 cm³/mol. The first-order valence-corrected chi connectivity index (χ1v) is 8.66. The highest BCUT2D eigenvalue weighted by molar-refractivity contribution is 7.89. The van der Waals surface area contributed by atoms with Crippen LogP contribution in [0.1, 0.15) is 19.8 Å². The Morgan fingerprint density at radius 3 is 2.35 bits per heavy atom. The molecule has 1 aliphatic heterocycles. The van der Waals surface area contributed by atoms with Crippen molar-refractivity contribution in [3.05, 3.63) is 24.3 Å². The second kappa shape index (κ2) is 6.66. The smallest absolute Gasteiger partial charge is 0.404 e. The number of para-hydroxylation sites is 1. The van der Waals surface area contributed by atoms with Gasteiger partial charge in [-0.25, -0.2) is 8.42 Å². The van der Waals surface area contributed by atoms with Gasteiger partial charge in [0, 0.05) is 19.1 Å². The highest BCUT2D eigenvalue weighted by Gasteiger charge is 2.36. The van der Waals surface area contributed by atoms with Gasteiger partial charge in [-0.2, -0.15) is 4.31 Å². The summed E-state index contributed by atoms with van der Waals surface area (Å²) in [4.78, 5) is -0.475. The molecule has 0 aliphatic carbocycles. The van der Waals surface area contributed by atoms with Crippen molar-refractivity contribution >= 4 is 10.0 Å². The number of piperidine rings is 1. The van der Waals surface area contributed by atoms with Crippen molar-refractivity contribution < 1.29 is 26.3 Å². The number of halogens is 3. The second-order valence-electron chi connectivity index (χ2n) is 5.60. The lowest BCUT2D eigenvalue weighted by molar-refractivity contribution is -0.275. The van der Waals surface area contributed by atoms with Gasteiger partial charge in [0.15, 0.2) is 0 Å². The summed E-state index contributed by atoms with van der Waals surface area (Å²) in [6, 6.07) is 4.73. The number of nitrogens with zero attached hydrogens (tertiary/aromatic N) is 1. The summed E-state index contributed by atoms with van der Waals surface area (Å²) in [7, 11) is -4.05. The molecule has 0 saturated carbocycles. The molecule has 1 unspecified atom stereocenters.